The minimum atomic E-state index is -0.915. The second-order valence-corrected chi connectivity index (χ2v) is 17.4. The Balaban J connectivity index is 0.729. The molecule has 0 aliphatic carbocycles. The van der Waals surface area contributed by atoms with Crippen LogP contribution in [0.4, 0.5) is 21.0 Å². The first-order chi connectivity index (χ1) is 30.7. The van der Waals surface area contributed by atoms with Gasteiger partial charge in [0.25, 0.3) is 5.91 Å². The molecule has 9 heterocycles. The van der Waals surface area contributed by atoms with E-state index >= 15 is 4.39 Å². The first-order valence-corrected chi connectivity index (χ1v) is 22.3. The second kappa shape index (κ2) is 17.3. The summed E-state index contributed by atoms with van der Waals surface area (Å²) >= 11 is 1.31. The third-order valence-corrected chi connectivity index (χ3v) is 13.3. The number of piperidine rings is 2. The second-order valence-electron chi connectivity index (χ2n) is 16.5. The molecule has 6 aromatic rings. The van der Waals surface area contributed by atoms with Crippen LogP contribution in [0.5, 0.6) is 0 Å². The highest BCUT2D eigenvalue weighted by Gasteiger charge is 2.33. The van der Waals surface area contributed by atoms with Crippen molar-refractivity contribution in [1.29, 1.82) is 0 Å². The number of aromatic nitrogens is 7. The third kappa shape index (κ3) is 8.49. The standard InChI is InChI=1S/C44H46FN13O4S/c45-32-20-29(21-35-31(32)24-58(53-35)41(43(62)52-44-46-11-19-63-44)40-36-2-1-12-57(36)26-49-40)28-3-7-37(48-22-28)55-15-17-56(18-16-55)39(60)25-54-13-9-27(10-14-54)33-5-4-30(23-47-33)50-34-6-8-38(59)51-42(34)61/h3-5,7,11,19-24,26-27,34,41,50H,1-2,6,8-10,12-18,25H2,(H,46,52,62)(H,51,59,61)/t34-,41?/m0/s1. The topological polar surface area (TPSA) is 188 Å². The van der Waals surface area contributed by atoms with Gasteiger partial charge in [-0.2, -0.15) is 5.10 Å². The largest absolute Gasteiger partial charge is 0.372 e. The number of amides is 4. The summed E-state index contributed by atoms with van der Waals surface area (Å²) in [6, 6.07) is 9.69. The van der Waals surface area contributed by atoms with Gasteiger partial charge in [0.05, 0.1) is 41.4 Å². The number of hydrogen-bond acceptors (Lipinski definition) is 13. The van der Waals surface area contributed by atoms with Crippen molar-refractivity contribution in [3.63, 3.8) is 0 Å². The van der Waals surface area contributed by atoms with E-state index < -0.39 is 17.9 Å². The lowest BCUT2D eigenvalue weighted by atomic mass is 9.93. The molecule has 4 amide bonds. The van der Waals surface area contributed by atoms with Crippen LogP contribution in [-0.4, -0.2) is 120 Å². The molecule has 0 bridgehead atoms. The van der Waals surface area contributed by atoms with Crippen molar-refractivity contribution in [3.8, 4) is 11.1 Å². The number of nitrogens with one attached hydrogen (secondary N) is 3. The van der Waals surface area contributed by atoms with Gasteiger partial charge in [-0.05, 0) is 87.2 Å². The third-order valence-electron chi connectivity index (χ3n) is 12.6. The molecule has 5 aromatic heterocycles. The van der Waals surface area contributed by atoms with Crippen LogP contribution in [0.2, 0.25) is 0 Å². The highest BCUT2D eigenvalue weighted by Crippen LogP contribution is 2.33. The Kier molecular flexibility index (Phi) is 11.1. The molecule has 3 N–H and O–H groups in total. The van der Waals surface area contributed by atoms with Gasteiger partial charge in [-0.15, -0.1) is 11.3 Å². The number of benzene rings is 1. The van der Waals surface area contributed by atoms with E-state index in [0.29, 0.717) is 78.8 Å². The van der Waals surface area contributed by atoms with E-state index in [9.17, 15) is 19.2 Å². The first kappa shape index (κ1) is 40.5. The number of rotatable bonds is 11. The molecule has 2 atom stereocenters. The lowest BCUT2D eigenvalue weighted by Gasteiger charge is -2.37. The van der Waals surface area contributed by atoms with Crippen molar-refractivity contribution in [2.45, 2.75) is 63.1 Å². The number of nitrogens with zero attached hydrogens (tertiary/aromatic N) is 10. The normalized spacial score (nSPS) is 19.0. The molecule has 4 aliphatic rings. The number of hydrogen-bond donors (Lipinski definition) is 3. The highest BCUT2D eigenvalue weighted by atomic mass is 32.1. The summed E-state index contributed by atoms with van der Waals surface area (Å²) < 4.78 is 19.4. The van der Waals surface area contributed by atoms with E-state index in [4.69, 9.17) is 10.1 Å². The molecule has 4 aliphatic heterocycles. The molecular formula is C44H46FN13O4S. The molecule has 0 saturated carbocycles. The summed E-state index contributed by atoms with van der Waals surface area (Å²) in [7, 11) is 0. The van der Waals surface area contributed by atoms with Crippen molar-refractivity contribution in [2.75, 3.05) is 61.3 Å². The zero-order valence-electron chi connectivity index (χ0n) is 34.5. The van der Waals surface area contributed by atoms with Gasteiger partial charge in [0, 0.05) is 86.0 Å². The van der Waals surface area contributed by atoms with Crippen molar-refractivity contribution < 1.29 is 23.6 Å². The summed E-state index contributed by atoms with van der Waals surface area (Å²) in [5, 5.41) is 15.7. The van der Waals surface area contributed by atoms with Crippen LogP contribution >= 0.6 is 11.3 Å². The highest BCUT2D eigenvalue weighted by molar-refractivity contribution is 7.13. The molecule has 1 aromatic carbocycles. The molecule has 1 unspecified atom stereocenters. The van der Waals surface area contributed by atoms with Crippen molar-refractivity contribution in [3.05, 3.63) is 95.8 Å². The predicted molar refractivity (Wildman–Crippen MR) is 234 cm³/mol. The number of pyridine rings is 2. The Bertz CT molecular complexity index is 2650. The SMILES string of the molecule is O=C1CC[C@H](Nc2ccc(C3CCN(CC(=O)N4CCN(c5ccc(-c6cc(F)c7cn(C(C(=O)Nc8nccs8)c8ncn9c8CCC9)nc7c6)cn5)CC4)CC3)nc2)C(=O)N1. The predicted octanol–water partition coefficient (Wildman–Crippen LogP) is 4.21. The Hall–Kier alpha value is -6.60. The number of carbonyl (C=O) groups is 4. The van der Waals surface area contributed by atoms with Gasteiger partial charge >= 0.3 is 0 Å². The van der Waals surface area contributed by atoms with Gasteiger partial charge < -0.3 is 19.7 Å². The van der Waals surface area contributed by atoms with Crippen molar-refractivity contribution in [1.82, 2.24) is 49.4 Å². The summed E-state index contributed by atoms with van der Waals surface area (Å²) in [6.45, 7) is 5.32. The van der Waals surface area contributed by atoms with Crippen LogP contribution in [0.3, 0.4) is 0 Å². The number of imidazole rings is 1. The molecule has 0 radical (unpaired) electrons. The molecule has 324 valence electrons. The fraction of sp³-hybridized carbons (Fsp3) is 0.386. The Morgan fingerprint density at radius 2 is 1.76 bits per heavy atom. The molecule has 3 saturated heterocycles. The summed E-state index contributed by atoms with van der Waals surface area (Å²) in [6.07, 6.45) is 12.8. The van der Waals surface area contributed by atoms with Crippen LogP contribution in [0, 0.1) is 5.82 Å². The number of likely N-dealkylation sites (tertiary alicyclic amines) is 1. The monoisotopic (exact) mass is 871 g/mol. The van der Waals surface area contributed by atoms with Crippen LogP contribution in [-0.2, 0) is 32.1 Å². The molecule has 3 fully saturated rings. The van der Waals surface area contributed by atoms with Crippen molar-refractivity contribution in [2.24, 2.45) is 0 Å². The van der Waals surface area contributed by atoms with E-state index in [0.717, 1.165) is 73.8 Å². The van der Waals surface area contributed by atoms with Crippen molar-refractivity contribution >= 4 is 62.5 Å². The molecule has 63 heavy (non-hydrogen) atoms. The Morgan fingerprint density at radius 1 is 0.905 bits per heavy atom. The fourth-order valence-electron chi connectivity index (χ4n) is 9.13. The van der Waals surface area contributed by atoms with Crippen LogP contribution in [0.25, 0.3) is 22.0 Å². The van der Waals surface area contributed by atoms with Gasteiger partial charge in [-0.3, -0.25) is 44.4 Å². The quantitative estimate of drug-likeness (QED) is 0.158. The number of halogens is 1. The molecular weight excluding hydrogens is 826 g/mol. The molecule has 19 heteroatoms. The maximum atomic E-state index is 15.8. The van der Waals surface area contributed by atoms with E-state index in [1.54, 1.807) is 36.5 Å². The summed E-state index contributed by atoms with van der Waals surface area (Å²) in [5.74, 6) is -0.153. The number of anilines is 3. The number of imide groups is 1. The zero-order chi connectivity index (χ0) is 43.0. The number of piperazine rings is 1. The maximum absolute atomic E-state index is 15.8. The number of carbonyl (C=O) groups excluding carboxylic acids is 4. The minimum Gasteiger partial charge on any atom is -0.372 e. The van der Waals surface area contributed by atoms with Gasteiger partial charge in [0.15, 0.2) is 11.2 Å². The van der Waals surface area contributed by atoms with Gasteiger partial charge in [0.1, 0.15) is 17.7 Å². The van der Waals surface area contributed by atoms with Crippen LogP contribution in [0.15, 0.2) is 72.9 Å². The Labute approximate surface area is 365 Å². The summed E-state index contributed by atoms with van der Waals surface area (Å²) in [4.78, 5) is 75.3. The van der Waals surface area contributed by atoms with Gasteiger partial charge in [-0.25, -0.2) is 19.3 Å². The van der Waals surface area contributed by atoms with Gasteiger partial charge in [-0.1, -0.05) is 0 Å². The average Bonchev–Trinajstić information content (AvgIpc) is 4.13. The van der Waals surface area contributed by atoms with E-state index in [1.165, 1.54) is 22.1 Å². The summed E-state index contributed by atoms with van der Waals surface area (Å²) in [5.41, 5.74) is 5.07. The van der Waals surface area contributed by atoms with E-state index in [2.05, 4.69) is 45.3 Å². The maximum Gasteiger partial charge on any atom is 0.257 e. The minimum absolute atomic E-state index is 0.124. The molecule has 17 nitrogen and oxygen atoms in total. The number of fused-ring (bicyclic) bond motifs is 2. The average molecular weight is 872 g/mol. The lowest BCUT2D eigenvalue weighted by Crippen LogP contribution is -2.52. The van der Waals surface area contributed by atoms with Crippen LogP contribution < -0.4 is 20.9 Å². The first-order valence-electron chi connectivity index (χ1n) is 21.4. The van der Waals surface area contributed by atoms with Crippen LogP contribution in [0.1, 0.15) is 61.1 Å². The number of thiazole rings is 1. The van der Waals surface area contributed by atoms with E-state index in [-0.39, 0.29) is 23.6 Å². The van der Waals surface area contributed by atoms with E-state index in [1.807, 2.05) is 35.2 Å². The molecule has 10 rings (SSSR count). The smallest absolute Gasteiger partial charge is 0.257 e. The van der Waals surface area contributed by atoms with Gasteiger partial charge in [0.2, 0.25) is 17.7 Å². The lowest BCUT2D eigenvalue weighted by molar-refractivity contribution is -0.134. The Morgan fingerprint density at radius 3 is 2.51 bits per heavy atom. The fourth-order valence-corrected chi connectivity index (χ4v) is 9.66. The number of aryl methyl sites for hydroxylation is 1. The molecule has 0 spiro atoms. The zero-order valence-corrected chi connectivity index (χ0v) is 35.3.